The molecule has 1 atom stereocenters. The second-order valence-electron chi connectivity index (χ2n) is 4.68. The molecule has 102 valence electrons. The van der Waals surface area contributed by atoms with Gasteiger partial charge in [0.25, 0.3) is 0 Å². The second kappa shape index (κ2) is 7.54. The Labute approximate surface area is 126 Å². The van der Waals surface area contributed by atoms with Crippen LogP contribution in [0.15, 0.2) is 60.7 Å². The molecule has 2 rings (SSSR count). The molecule has 0 aliphatic heterocycles. The molecule has 1 nitrogen and oxygen atoms in total. The van der Waals surface area contributed by atoms with Gasteiger partial charge in [0, 0.05) is 6.42 Å². The molecule has 0 saturated carbocycles. The maximum absolute atomic E-state index is 6.40. The molecule has 0 aliphatic rings. The molecule has 0 aliphatic carbocycles. The summed E-state index contributed by atoms with van der Waals surface area (Å²) in [7, 11) is 0. The topological polar surface area (TPSA) is 26.0 Å². The van der Waals surface area contributed by atoms with E-state index in [1.807, 2.05) is 36.4 Å². The van der Waals surface area contributed by atoms with E-state index in [9.17, 15) is 0 Å². The summed E-state index contributed by atoms with van der Waals surface area (Å²) in [5, 5.41) is 0. The van der Waals surface area contributed by atoms with Crippen molar-refractivity contribution < 1.29 is 0 Å². The molecule has 3 heteroatoms. The fourth-order valence-electron chi connectivity index (χ4n) is 2.02. The first kappa shape index (κ1) is 16.0. The first-order chi connectivity index (χ1) is 8.66. The van der Waals surface area contributed by atoms with Crippen LogP contribution >= 0.6 is 24.0 Å². The molecule has 19 heavy (non-hydrogen) atoms. The minimum atomic E-state index is -0.669. The normalized spacial score (nSPS) is 13.4. The van der Waals surface area contributed by atoms with E-state index in [1.165, 1.54) is 11.1 Å². The first-order valence-corrected chi connectivity index (χ1v) is 6.59. The van der Waals surface area contributed by atoms with Crippen LogP contribution in [0.2, 0.25) is 0 Å². The number of alkyl halides is 1. The van der Waals surface area contributed by atoms with E-state index in [2.05, 4.69) is 24.3 Å². The van der Waals surface area contributed by atoms with E-state index >= 15 is 0 Å². The van der Waals surface area contributed by atoms with Crippen LogP contribution in [0.4, 0.5) is 0 Å². The maximum Gasteiger partial charge on any atom is 0.0954 e. The molecule has 0 spiro atoms. The van der Waals surface area contributed by atoms with Crippen LogP contribution in [0.25, 0.3) is 0 Å². The molecule has 2 N–H and O–H groups in total. The van der Waals surface area contributed by atoms with Gasteiger partial charge in [0.1, 0.15) is 0 Å². The van der Waals surface area contributed by atoms with Crippen LogP contribution in [0, 0.1) is 0 Å². The highest BCUT2D eigenvalue weighted by molar-refractivity contribution is 6.23. The molecule has 0 radical (unpaired) electrons. The Morgan fingerprint density at radius 3 is 1.84 bits per heavy atom. The number of hydrogen-bond donors (Lipinski definition) is 1. The molecule has 0 bridgehead atoms. The van der Waals surface area contributed by atoms with Gasteiger partial charge in [-0.1, -0.05) is 60.7 Å². The van der Waals surface area contributed by atoms with Crippen LogP contribution in [-0.2, 0) is 12.8 Å². The fourth-order valence-corrected chi connectivity index (χ4v) is 2.27. The van der Waals surface area contributed by atoms with Crippen molar-refractivity contribution in [1.82, 2.24) is 0 Å². The summed E-state index contributed by atoms with van der Waals surface area (Å²) < 4.78 is 0. The fraction of sp³-hybridized carbons (Fsp3) is 0.250. The molecule has 2 aromatic rings. The first-order valence-electron chi connectivity index (χ1n) is 6.21. The number of rotatable bonds is 5. The Hall–Kier alpha value is -1.02. The van der Waals surface area contributed by atoms with Gasteiger partial charge >= 0.3 is 0 Å². The summed E-state index contributed by atoms with van der Waals surface area (Å²) >= 11 is 6.40. The standard InChI is InChI=1S/C16H18ClN.ClH/c17-16(18,13-15-9-5-2-6-10-15)12-11-14-7-3-1-4-8-14;/h1-10H,11-13,18H2;1H. The molecular formula is C16H19Cl2N. The molecule has 0 amide bonds. The second-order valence-corrected chi connectivity index (χ2v) is 5.44. The van der Waals surface area contributed by atoms with Gasteiger partial charge in [-0.25, -0.2) is 0 Å². The lowest BCUT2D eigenvalue weighted by Gasteiger charge is -2.22. The summed E-state index contributed by atoms with van der Waals surface area (Å²) in [6.07, 6.45) is 2.38. The van der Waals surface area contributed by atoms with Crippen molar-refractivity contribution in [3.8, 4) is 0 Å². The highest BCUT2D eigenvalue weighted by Gasteiger charge is 2.21. The van der Waals surface area contributed by atoms with Crippen LogP contribution in [0.1, 0.15) is 17.5 Å². The van der Waals surface area contributed by atoms with E-state index in [0.717, 1.165) is 12.8 Å². The van der Waals surface area contributed by atoms with Gasteiger partial charge in [-0.2, -0.15) is 0 Å². The SMILES string of the molecule is Cl.NC(Cl)(CCc1ccccc1)Cc1ccccc1. The predicted octanol–water partition coefficient (Wildman–Crippen LogP) is 4.18. The van der Waals surface area contributed by atoms with E-state index in [0.29, 0.717) is 6.42 Å². The molecule has 0 saturated heterocycles. The number of hydrogen-bond acceptors (Lipinski definition) is 1. The molecule has 0 heterocycles. The van der Waals surface area contributed by atoms with Gasteiger partial charge in [-0.15, -0.1) is 24.0 Å². The largest absolute Gasteiger partial charge is 0.312 e. The van der Waals surface area contributed by atoms with Gasteiger partial charge in [-0.05, 0) is 24.0 Å². The van der Waals surface area contributed by atoms with Crippen molar-refractivity contribution in [1.29, 1.82) is 0 Å². The van der Waals surface area contributed by atoms with Crippen molar-refractivity contribution in [3.63, 3.8) is 0 Å². The van der Waals surface area contributed by atoms with E-state index in [1.54, 1.807) is 0 Å². The molecule has 0 aromatic heterocycles. The van der Waals surface area contributed by atoms with Crippen LogP contribution < -0.4 is 5.73 Å². The summed E-state index contributed by atoms with van der Waals surface area (Å²) in [4.78, 5) is -0.669. The zero-order valence-corrected chi connectivity index (χ0v) is 12.3. The molecular weight excluding hydrogens is 277 g/mol. The number of aryl methyl sites for hydroxylation is 1. The predicted molar refractivity (Wildman–Crippen MR) is 84.9 cm³/mol. The smallest absolute Gasteiger partial charge is 0.0954 e. The highest BCUT2D eigenvalue weighted by Crippen LogP contribution is 2.21. The van der Waals surface area contributed by atoms with Gasteiger partial charge < -0.3 is 5.73 Å². The third-order valence-corrected chi connectivity index (χ3v) is 3.34. The lowest BCUT2D eigenvalue weighted by Crippen LogP contribution is -2.36. The summed E-state index contributed by atoms with van der Waals surface area (Å²) in [6, 6.07) is 20.5. The Kier molecular flexibility index (Phi) is 6.36. The molecule has 0 fully saturated rings. The Balaban J connectivity index is 0.00000180. The van der Waals surface area contributed by atoms with E-state index in [-0.39, 0.29) is 12.4 Å². The maximum atomic E-state index is 6.40. The summed E-state index contributed by atoms with van der Waals surface area (Å²) in [5.41, 5.74) is 8.62. The van der Waals surface area contributed by atoms with Crippen molar-refractivity contribution in [2.24, 2.45) is 5.73 Å². The molecule has 1 unspecified atom stereocenters. The van der Waals surface area contributed by atoms with Crippen LogP contribution in [-0.4, -0.2) is 5.00 Å². The minimum Gasteiger partial charge on any atom is -0.312 e. The van der Waals surface area contributed by atoms with E-state index in [4.69, 9.17) is 17.3 Å². The van der Waals surface area contributed by atoms with Crippen molar-refractivity contribution in [2.75, 3.05) is 0 Å². The van der Waals surface area contributed by atoms with Crippen LogP contribution in [0.3, 0.4) is 0 Å². The molecule has 2 aromatic carbocycles. The van der Waals surface area contributed by atoms with Crippen molar-refractivity contribution >= 4 is 24.0 Å². The van der Waals surface area contributed by atoms with Crippen molar-refractivity contribution in [3.05, 3.63) is 71.8 Å². The Bertz CT molecular complexity index is 469. The summed E-state index contributed by atoms with van der Waals surface area (Å²) in [6.45, 7) is 0. The van der Waals surface area contributed by atoms with Crippen molar-refractivity contribution in [2.45, 2.75) is 24.3 Å². The summed E-state index contributed by atoms with van der Waals surface area (Å²) in [5.74, 6) is 0. The van der Waals surface area contributed by atoms with Gasteiger partial charge in [-0.3, -0.25) is 0 Å². The average Bonchev–Trinajstić information content (AvgIpc) is 2.38. The zero-order valence-electron chi connectivity index (χ0n) is 10.8. The van der Waals surface area contributed by atoms with E-state index < -0.39 is 5.00 Å². The van der Waals surface area contributed by atoms with Crippen LogP contribution in [0.5, 0.6) is 0 Å². The monoisotopic (exact) mass is 295 g/mol. The lowest BCUT2D eigenvalue weighted by atomic mass is 9.99. The third-order valence-electron chi connectivity index (χ3n) is 3.01. The zero-order chi connectivity index (χ0) is 12.8. The van der Waals surface area contributed by atoms with Gasteiger partial charge in [0.05, 0.1) is 5.00 Å². The number of halogens is 2. The minimum absolute atomic E-state index is 0. The third kappa shape index (κ3) is 5.65. The lowest BCUT2D eigenvalue weighted by molar-refractivity contribution is 0.545. The Morgan fingerprint density at radius 2 is 1.32 bits per heavy atom. The highest BCUT2D eigenvalue weighted by atomic mass is 35.5. The van der Waals surface area contributed by atoms with Gasteiger partial charge in [0.15, 0.2) is 0 Å². The number of nitrogens with two attached hydrogens (primary N) is 1. The quantitative estimate of drug-likeness (QED) is 0.650. The van der Waals surface area contributed by atoms with Gasteiger partial charge in [0.2, 0.25) is 0 Å². The average molecular weight is 296 g/mol. The Morgan fingerprint density at radius 1 is 0.842 bits per heavy atom. The number of benzene rings is 2.